The molecule has 0 spiro atoms. The Morgan fingerprint density at radius 3 is 3.19 bits per heavy atom. The van der Waals surface area contributed by atoms with Crippen LogP contribution in [0.4, 0.5) is 5.69 Å². The van der Waals surface area contributed by atoms with Crippen molar-refractivity contribution < 1.29 is 14.4 Å². The second-order valence-electron chi connectivity index (χ2n) is 2.97. The number of hydrogen-bond donors (Lipinski definition) is 1. The van der Waals surface area contributed by atoms with Crippen LogP contribution in [0.1, 0.15) is 6.92 Å². The second kappa shape index (κ2) is 4.40. The number of hydrogen-bond acceptors (Lipinski definition) is 5. The summed E-state index contributed by atoms with van der Waals surface area (Å²) < 4.78 is 4.78. The molecular weight excluding hydrogens is 232 g/mol. The lowest BCUT2D eigenvalue weighted by Crippen LogP contribution is -2.37. The molecule has 1 heterocycles. The maximum Gasteiger partial charge on any atom is 0.377 e. The van der Waals surface area contributed by atoms with Gasteiger partial charge in [0.15, 0.2) is 5.75 Å². The van der Waals surface area contributed by atoms with Crippen LogP contribution in [-0.2, 0) is 9.53 Å². The molecule has 0 saturated carbocycles. The van der Waals surface area contributed by atoms with Crippen LogP contribution in [0, 0.1) is 0 Å². The van der Waals surface area contributed by atoms with Crippen molar-refractivity contribution in [1.82, 2.24) is 5.48 Å². The lowest BCUT2D eigenvalue weighted by atomic mass is 10.3. The molecule has 0 unspecified atom stereocenters. The zero-order valence-corrected chi connectivity index (χ0v) is 9.25. The molecule has 1 N–H and O–H groups in total. The van der Waals surface area contributed by atoms with Crippen molar-refractivity contribution in [3.05, 3.63) is 23.2 Å². The number of esters is 1. The predicted octanol–water partition coefficient (Wildman–Crippen LogP) is 1.83. The first kappa shape index (κ1) is 10.8. The number of halogens is 1. The monoisotopic (exact) mass is 240 g/mol. The number of amidine groups is 1. The summed E-state index contributed by atoms with van der Waals surface area (Å²) in [7, 11) is 0. The van der Waals surface area contributed by atoms with E-state index in [1.807, 2.05) is 0 Å². The number of benzene rings is 1. The van der Waals surface area contributed by atoms with Gasteiger partial charge in [0.2, 0.25) is 5.84 Å². The highest BCUT2D eigenvalue weighted by Crippen LogP contribution is 2.36. The highest BCUT2D eigenvalue weighted by molar-refractivity contribution is 6.37. The number of carbonyl (C=O) groups is 1. The van der Waals surface area contributed by atoms with Crippen molar-refractivity contribution in [2.45, 2.75) is 6.92 Å². The smallest absolute Gasteiger partial charge is 0.377 e. The average Bonchev–Trinajstić information content (AvgIpc) is 2.29. The SMILES string of the molecule is CCOC(=O)C1=Nc2c(Cl)cccc2ON1. The summed E-state index contributed by atoms with van der Waals surface area (Å²) in [5.74, 6) is -0.115. The molecule has 5 nitrogen and oxygen atoms in total. The third kappa shape index (κ3) is 1.94. The lowest BCUT2D eigenvalue weighted by molar-refractivity contribution is -0.135. The Bertz CT molecular complexity index is 459. The first-order chi connectivity index (χ1) is 7.72. The van der Waals surface area contributed by atoms with Gasteiger partial charge in [-0.1, -0.05) is 17.7 Å². The van der Waals surface area contributed by atoms with Gasteiger partial charge in [-0.05, 0) is 19.1 Å². The average molecular weight is 241 g/mol. The van der Waals surface area contributed by atoms with E-state index in [9.17, 15) is 4.79 Å². The van der Waals surface area contributed by atoms with E-state index in [1.54, 1.807) is 25.1 Å². The fourth-order valence-corrected chi connectivity index (χ4v) is 1.42. The number of hydroxylamine groups is 1. The molecule has 2 rings (SSSR count). The zero-order chi connectivity index (χ0) is 11.5. The molecule has 0 amide bonds. The van der Waals surface area contributed by atoms with Crippen molar-refractivity contribution in [3.8, 4) is 5.75 Å². The highest BCUT2D eigenvalue weighted by Gasteiger charge is 2.21. The van der Waals surface area contributed by atoms with E-state index in [1.165, 1.54) is 0 Å². The number of fused-ring (bicyclic) bond motifs is 1. The van der Waals surface area contributed by atoms with E-state index in [0.29, 0.717) is 16.5 Å². The molecule has 1 aromatic rings. The summed E-state index contributed by atoms with van der Waals surface area (Å²) in [6.07, 6.45) is 0. The van der Waals surface area contributed by atoms with Gasteiger partial charge >= 0.3 is 5.97 Å². The summed E-state index contributed by atoms with van der Waals surface area (Å²) in [4.78, 5) is 20.5. The van der Waals surface area contributed by atoms with Crippen LogP contribution in [0.15, 0.2) is 23.2 Å². The van der Waals surface area contributed by atoms with Crippen LogP contribution in [-0.4, -0.2) is 18.4 Å². The van der Waals surface area contributed by atoms with Gasteiger partial charge in [-0.3, -0.25) is 0 Å². The Balaban J connectivity index is 2.34. The molecule has 0 bridgehead atoms. The van der Waals surface area contributed by atoms with Crippen LogP contribution in [0.5, 0.6) is 5.75 Å². The Morgan fingerprint density at radius 1 is 1.62 bits per heavy atom. The quantitative estimate of drug-likeness (QED) is 0.802. The molecule has 84 valence electrons. The minimum atomic E-state index is -0.576. The summed E-state index contributed by atoms with van der Waals surface area (Å²) >= 11 is 5.92. The molecule has 0 aliphatic carbocycles. The van der Waals surface area contributed by atoms with Crippen LogP contribution in [0.3, 0.4) is 0 Å². The Hall–Kier alpha value is -1.75. The Morgan fingerprint density at radius 2 is 2.44 bits per heavy atom. The third-order valence-corrected chi connectivity index (χ3v) is 2.20. The molecule has 0 saturated heterocycles. The van der Waals surface area contributed by atoms with E-state index in [4.69, 9.17) is 21.2 Å². The number of ether oxygens (including phenoxy) is 1. The van der Waals surface area contributed by atoms with Gasteiger partial charge in [0.1, 0.15) is 5.69 Å². The molecule has 0 fully saturated rings. The molecular formula is C10H9ClN2O3. The van der Waals surface area contributed by atoms with Gasteiger partial charge in [-0.2, -0.15) is 5.48 Å². The van der Waals surface area contributed by atoms with Crippen LogP contribution >= 0.6 is 11.6 Å². The third-order valence-electron chi connectivity index (χ3n) is 1.90. The van der Waals surface area contributed by atoms with Crippen LogP contribution in [0.2, 0.25) is 5.02 Å². The molecule has 0 radical (unpaired) electrons. The molecule has 0 aromatic heterocycles. The zero-order valence-electron chi connectivity index (χ0n) is 8.49. The van der Waals surface area contributed by atoms with Crippen LogP contribution in [0.25, 0.3) is 0 Å². The number of carbonyl (C=O) groups excluding carboxylic acids is 1. The summed E-state index contributed by atoms with van der Waals surface area (Å²) in [5.41, 5.74) is 2.83. The summed E-state index contributed by atoms with van der Waals surface area (Å²) in [6, 6.07) is 5.09. The summed E-state index contributed by atoms with van der Waals surface area (Å²) in [6.45, 7) is 1.98. The Kier molecular flexibility index (Phi) is 2.96. The van der Waals surface area contributed by atoms with Gasteiger partial charge in [-0.15, -0.1) is 0 Å². The minimum absolute atomic E-state index is 0.0116. The maximum atomic E-state index is 11.4. The van der Waals surface area contributed by atoms with E-state index in [0.717, 1.165) is 0 Å². The lowest BCUT2D eigenvalue weighted by Gasteiger charge is -2.17. The molecule has 1 aromatic carbocycles. The van der Waals surface area contributed by atoms with Gasteiger partial charge < -0.3 is 9.57 Å². The fourth-order valence-electron chi connectivity index (χ4n) is 1.21. The number of rotatable bonds is 2. The number of para-hydroxylation sites is 1. The van der Waals surface area contributed by atoms with Crippen molar-refractivity contribution >= 4 is 29.1 Å². The Labute approximate surface area is 97.0 Å². The first-order valence-corrected chi connectivity index (χ1v) is 5.07. The van der Waals surface area contributed by atoms with E-state index in [2.05, 4.69) is 10.5 Å². The molecule has 0 atom stereocenters. The molecule has 16 heavy (non-hydrogen) atoms. The number of nitrogens with one attached hydrogen (secondary N) is 1. The van der Waals surface area contributed by atoms with Crippen molar-refractivity contribution in [2.75, 3.05) is 6.61 Å². The maximum absolute atomic E-state index is 11.4. The molecule has 1 aliphatic rings. The van der Waals surface area contributed by atoms with Gasteiger partial charge in [0.25, 0.3) is 0 Å². The van der Waals surface area contributed by atoms with Crippen molar-refractivity contribution in [1.29, 1.82) is 0 Å². The predicted molar refractivity (Wildman–Crippen MR) is 58.9 cm³/mol. The minimum Gasteiger partial charge on any atom is -0.460 e. The largest absolute Gasteiger partial charge is 0.460 e. The first-order valence-electron chi connectivity index (χ1n) is 4.69. The van der Waals surface area contributed by atoms with E-state index < -0.39 is 5.97 Å². The molecule has 1 aliphatic heterocycles. The number of aliphatic imine (C=N–C) groups is 1. The molecule has 6 heteroatoms. The topological polar surface area (TPSA) is 59.9 Å². The van der Waals surface area contributed by atoms with E-state index in [-0.39, 0.29) is 12.4 Å². The number of nitrogens with zero attached hydrogens (tertiary/aromatic N) is 1. The van der Waals surface area contributed by atoms with Crippen molar-refractivity contribution in [2.24, 2.45) is 4.99 Å². The fraction of sp³-hybridized carbons (Fsp3) is 0.200. The summed E-state index contributed by atoms with van der Waals surface area (Å²) in [5, 5.41) is 0.417. The standard InChI is InChI=1S/C10H9ClN2O3/c1-2-15-10(14)9-12-8-6(11)4-3-5-7(8)16-13-9/h3-5H,2H2,1H3,(H,12,13). The normalized spacial score (nSPS) is 13.0. The van der Waals surface area contributed by atoms with Crippen molar-refractivity contribution in [3.63, 3.8) is 0 Å². The van der Waals surface area contributed by atoms with Gasteiger partial charge in [0.05, 0.1) is 11.6 Å². The van der Waals surface area contributed by atoms with E-state index >= 15 is 0 Å². The second-order valence-corrected chi connectivity index (χ2v) is 3.38. The highest BCUT2D eigenvalue weighted by atomic mass is 35.5. The van der Waals surface area contributed by atoms with Gasteiger partial charge in [0, 0.05) is 0 Å². The van der Waals surface area contributed by atoms with Crippen LogP contribution < -0.4 is 10.3 Å². The van der Waals surface area contributed by atoms with Gasteiger partial charge in [-0.25, -0.2) is 9.79 Å².